The minimum atomic E-state index is -0.863. The van der Waals surface area contributed by atoms with Crippen LogP contribution in [0.1, 0.15) is 64.4 Å². The number of rotatable bonds is 12. The second-order valence-electron chi connectivity index (χ2n) is 6.37. The third-order valence-corrected chi connectivity index (χ3v) is 4.43. The highest BCUT2D eigenvalue weighted by molar-refractivity contribution is 5.74. The first kappa shape index (κ1) is 20.2. The number of aliphatic carboxylic acids is 1. The zero-order valence-electron chi connectivity index (χ0n) is 14.9. The highest BCUT2D eigenvalue weighted by Crippen LogP contribution is 2.26. The van der Waals surface area contributed by atoms with Crippen molar-refractivity contribution in [1.29, 1.82) is 0 Å². The number of esters is 1. The van der Waals surface area contributed by atoms with Crippen molar-refractivity contribution in [3.8, 4) is 0 Å². The average Bonchev–Trinajstić information content (AvgIpc) is 2.59. The monoisotopic (exact) mass is 334 g/mol. The molecule has 24 heavy (non-hydrogen) atoms. The Bertz CT molecular complexity index is 484. The van der Waals surface area contributed by atoms with Crippen molar-refractivity contribution in [2.75, 3.05) is 0 Å². The molecule has 0 saturated heterocycles. The molecule has 4 nitrogen and oxygen atoms in total. The SMILES string of the molecule is CCCCC(CC)CC(CCC(=O)O)C(=O)OCc1ccccc1. The van der Waals surface area contributed by atoms with E-state index < -0.39 is 5.97 Å². The van der Waals surface area contributed by atoms with Crippen molar-refractivity contribution in [1.82, 2.24) is 0 Å². The van der Waals surface area contributed by atoms with Crippen LogP contribution in [0, 0.1) is 11.8 Å². The van der Waals surface area contributed by atoms with E-state index in [1.165, 1.54) is 0 Å². The van der Waals surface area contributed by atoms with Gasteiger partial charge < -0.3 is 9.84 Å². The second kappa shape index (κ2) is 11.7. The molecule has 1 aromatic carbocycles. The van der Waals surface area contributed by atoms with E-state index in [0.29, 0.717) is 12.3 Å². The number of benzene rings is 1. The summed E-state index contributed by atoms with van der Waals surface area (Å²) in [6.07, 6.45) is 5.45. The Morgan fingerprint density at radius 1 is 1.12 bits per heavy atom. The molecular weight excluding hydrogens is 304 g/mol. The maximum absolute atomic E-state index is 12.4. The van der Waals surface area contributed by atoms with Crippen LogP contribution in [0.25, 0.3) is 0 Å². The summed E-state index contributed by atoms with van der Waals surface area (Å²) in [4.78, 5) is 23.3. The minimum Gasteiger partial charge on any atom is -0.481 e. The van der Waals surface area contributed by atoms with Crippen molar-refractivity contribution < 1.29 is 19.4 Å². The van der Waals surface area contributed by atoms with Gasteiger partial charge in [-0.2, -0.15) is 0 Å². The number of carboxylic acids is 1. The molecule has 1 N–H and O–H groups in total. The van der Waals surface area contributed by atoms with Crippen LogP contribution in [0.4, 0.5) is 0 Å². The van der Waals surface area contributed by atoms with Gasteiger partial charge in [0.15, 0.2) is 0 Å². The molecule has 0 saturated carbocycles. The lowest BCUT2D eigenvalue weighted by Gasteiger charge is -2.21. The third kappa shape index (κ3) is 8.14. The van der Waals surface area contributed by atoms with Crippen LogP contribution in [0.2, 0.25) is 0 Å². The summed E-state index contributed by atoms with van der Waals surface area (Å²) in [7, 11) is 0. The molecular formula is C20H30O4. The molecule has 0 amide bonds. The minimum absolute atomic E-state index is 0.00924. The van der Waals surface area contributed by atoms with E-state index in [-0.39, 0.29) is 24.9 Å². The molecule has 1 rings (SSSR count). The Balaban J connectivity index is 2.61. The lowest BCUT2D eigenvalue weighted by atomic mass is 9.86. The fraction of sp³-hybridized carbons (Fsp3) is 0.600. The highest BCUT2D eigenvalue weighted by atomic mass is 16.5. The van der Waals surface area contributed by atoms with Gasteiger partial charge in [-0.25, -0.2) is 0 Å². The van der Waals surface area contributed by atoms with Crippen LogP contribution in [0.15, 0.2) is 30.3 Å². The number of carbonyl (C=O) groups excluding carboxylic acids is 1. The Morgan fingerprint density at radius 3 is 2.42 bits per heavy atom. The molecule has 0 heterocycles. The lowest BCUT2D eigenvalue weighted by molar-refractivity contribution is -0.151. The van der Waals surface area contributed by atoms with Gasteiger partial charge in [-0.1, -0.05) is 69.9 Å². The van der Waals surface area contributed by atoms with Crippen LogP contribution < -0.4 is 0 Å². The number of ether oxygens (including phenoxy) is 1. The van der Waals surface area contributed by atoms with Gasteiger partial charge in [0, 0.05) is 6.42 Å². The van der Waals surface area contributed by atoms with Gasteiger partial charge in [-0.05, 0) is 24.3 Å². The van der Waals surface area contributed by atoms with E-state index in [0.717, 1.165) is 37.7 Å². The molecule has 4 heteroatoms. The van der Waals surface area contributed by atoms with Crippen molar-refractivity contribution in [2.45, 2.75) is 65.4 Å². The predicted molar refractivity (Wildman–Crippen MR) is 94.5 cm³/mol. The van der Waals surface area contributed by atoms with Gasteiger partial charge in [0.05, 0.1) is 5.92 Å². The van der Waals surface area contributed by atoms with Gasteiger partial charge in [0.1, 0.15) is 6.61 Å². The lowest BCUT2D eigenvalue weighted by Crippen LogP contribution is -2.22. The maximum atomic E-state index is 12.4. The van der Waals surface area contributed by atoms with E-state index in [1.54, 1.807) is 0 Å². The first-order chi connectivity index (χ1) is 11.6. The van der Waals surface area contributed by atoms with Gasteiger partial charge in [-0.15, -0.1) is 0 Å². The van der Waals surface area contributed by atoms with Crippen LogP contribution >= 0.6 is 0 Å². The molecule has 0 aliphatic heterocycles. The maximum Gasteiger partial charge on any atom is 0.309 e. The second-order valence-corrected chi connectivity index (χ2v) is 6.37. The topological polar surface area (TPSA) is 63.6 Å². The van der Waals surface area contributed by atoms with Gasteiger partial charge in [-0.3, -0.25) is 9.59 Å². The Morgan fingerprint density at radius 2 is 1.83 bits per heavy atom. The quantitative estimate of drug-likeness (QED) is 0.557. The molecule has 0 aliphatic carbocycles. The normalized spacial score (nSPS) is 13.2. The summed E-state index contributed by atoms with van der Waals surface area (Å²) in [5, 5.41) is 8.93. The fourth-order valence-electron chi connectivity index (χ4n) is 2.86. The molecule has 2 unspecified atom stereocenters. The third-order valence-electron chi connectivity index (χ3n) is 4.43. The van der Waals surface area contributed by atoms with E-state index in [9.17, 15) is 9.59 Å². The molecule has 0 radical (unpaired) electrons. The van der Waals surface area contributed by atoms with E-state index >= 15 is 0 Å². The Hall–Kier alpha value is -1.84. The van der Waals surface area contributed by atoms with Crippen LogP contribution in [-0.4, -0.2) is 17.0 Å². The van der Waals surface area contributed by atoms with Crippen molar-refractivity contribution in [3.63, 3.8) is 0 Å². The summed E-state index contributed by atoms with van der Waals surface area (Å²) in [5.41, 5.74) is 0.945. The molecule has 0 bridgehead atoms. The van der Waals surface area contributed by atoms with Crippen molar-refractivity contribution in [3.05, 3.63) is 35.9 Å². The van der Waals surface area contributed by atoms with Crippen LogP contribution in [0.5, 0.6) is 0 Å². The number of carboxylic acid groups (broad SMARTS) is 1. The fourth-order valence-corrected chi connectivity index (χ4v) is 2.86. The predicted octanol–water partition coefficient (Wildman–Crippen LogP) is 4.82. The number of carbonyl (C=O) groups is 2. The van der Waals surface area contributed by atoms with Crippen LogP contribution in [-0.2, 0) is 20.9 Å². The zero-order chi connectivity index (χ0) is 17.8. The van der Waals surface area contributed by atoms with E-state index in [4.69, 9.17) is 9.84 Å². The Labute approximate surface area is 145 Å². The Kier molecular flexibility index (Phi) is 9.81. The van der Waals surface area contributed by atoms with E-state index in [1.807, 2.05) is 30.3 Å². The van der Waals surface area contributed by atoms with Gasteiger partial charge in [0.2, 0.25) is 0 Å². The number of hydrogen-bond donors (Lipinski definition) is 1. The molecule has 0 aromatic heterocycles. The van der Waals surface area contributed by atoms with Crippen molar-refractivity contribution in [2.24, 2.45) is 11.8 Å². The number of unbranched alkanes of at least 4 members (excludes halogenated alkanes) is 1. The van der Waals surface area contributed by atoms with Crippen LogP contribution in [0.3, 0.4) is 0 Å². The summed E-state index contributed by atoms with van der Waals surface area (Å²) < 4.78 is 5.44. The van der Waals surface area contributed by atoms with Crippen molar-refractivity contribution >= 4 is 11.9 Å². The average molecular weight is 334 g/mol. The molecule has 134 valence electrons. The number of hydrogen-bond acceptors (Lipinski definition) is 3. The molecule has 0 fully saturated rings. The summed E-state index contributed by atoms with van der Waals surface area (Å²) in [5.74, 6) is -1.01. The first-order valence-electron chi connectivity index (χ1n) is 8.99. The smallest absolute Gasteiger partial charge is 0.309 e. The zero-order valence-corrected chi connectivity index (χ0v) is 14.9. The summed E-state index contributed by atoms with van der Waals surface area (Å²) in [6, 6.07) is 9.55. The molecule has 0 spiro atoms. The van der Waals surface area contributed by atoms with Gasteiger partial charge in [0.25, 0.3) is 0 Å². The molecule has 0 aliphatic rings. The largest absolute Gasteiger partial charge is 0.481 e. The standard InChI is InChI=1S/C20H30O4/c1-3-5-9-16(4-2)14-18(12-13-19(21)22)20(23)24-15-17-10-7-6-8-11-17/h6-8,10-11,16,18H,3-5,9,12-15H2,1-2H3,(H,21,22). The highest BCUT2D eigenvalue weighted by Gasteiger charge is 2.24. The van der Waals surface area contributed by atoms with E-state index in [2.05, 4.69) is 13.8 Å². The first-order valence-corrected chi connectivity index (χ1v) is 8.99. The molecule has 1 aromatic rings. The molecule has 2 atom stereocenters. The summed E-state index contributed by atoms with van der Waals surface area (Å²) in [6.45, 7) is 4.53. The summed E-state index contributed by atoms with van der Waals surface area (Å²) >= 11 is 0. The van der Waals surface area contributed by atoms with Gasteiger partial charge >= 0.3 is 11.9 Å².